The van der Waals surface area contributed by atoms with E-state index < -0.39 is 6.03 Å². The minimum atomic E-state index is -0.430. The Hall–Kier alpha value is -3.80. The minimum Gasteiger partial charge on any atom is -0.508 e. The van der Waals surface area contributed by atoms with Crippen molar-refractivity contribution in [3.63, 3.8) is 0 Å². The molecule has 1 aromatic heterocycles. The molecule has 0 aliphatic carbocycles. The van der Waals surface area contributed by atoms with Gasteiger partial charge in [-0.3, -0.25) is 9.69 Å². The Morgan fingerprint density at radius 1 is 1.04 bits per heavy atom. The van der Waals surface area contributed by atoms with Gasteiger partial charge in [0, 0.05) is 17.6 Å². The lowest BCUT2D eigenvalue weighted by Gasteiger charge is -2.12. The number of nitrogens with one attached hydrogen (secondary N) is 1. The quantitative estimate of drug-likeness (QED) is 0.542. The number of carbonyl (C=O) groups excluding carboxylic acids is 2. The van der Waals surface area contributed by atoms with Crippen molar-refractivity contribution in [3.05, 3.63) is 89.4 Å². The van der Waals surface area contributed by atoms with Crippen LogP contribution in [0.3, 0.4) is 0 Å². The Labute approximate surface area is 162 Å². The van der Waals surface area contributed by atoms with E-state index in [1.165, 1.54) is 4.90 Å². The van der Waals surface area contributed by atoms with Crippen LogP contribution in [0, 0.1) is 6.92 Å². The van der Waals surface area contributed by atoms with Gasteiger partial charge >= 0.3 is 6.03 Å². The molecule has 2 aromatic carbocycles. The molecule has 3 aromatic rings. The summed E-state index contributed by atoms with van der Waals surface area (Å²) in [6.07, 6.45) is 3.51. The molecule has 1 fully saturated rings. The number of carbonyl (C=O) groups is 2. The number of amides is 3. The number of benzene rings is 2. The van der Waals surface area contributed by atoms with Crippen molar-refractivity contribution < 1.29 is 14.7 Å². The lowest BCUT2D eigenvalue weighted by molar-refractivity contribution is -0.123. The molecule has 0 atom stereocenters. The van der Waals surface area contributed by atoms with Gasteiger partial charge in [0.25, 0.3) is 5.91 Å². The Morgan fingerprint density at radius 2 is 1.82 bits per heavy atom. The molecule has 28 heavy (non-hydrogen) atoms. The molecular formula is C22H19N3O3. The molecule has 0 radical (unpaired) electrons. The van der Waals surface area contributed by atoms with Crippen LogP contribution in [-0.2, 0) is 11.3 Å². The van der Waals surface area contributed by atoms with Crippen molar-refractivity contribution >= 4 is 18.0 Å². The fraction of sp³-hybridized carbons (Fsp3) is 0.0909. The van der Waals surface area contributed by atoms with E-state index in [1.807, 2.05) is 54.1 Å². The smallest absolute Gasteiger partial charge is 0.329 e. The summed E-state index contributed by atoms with van der Waals surface area (Å²) in [6.45, 7) is 2.20. The first-order valence-electron chi connectivity index (χ1n) is 8.88. The maximum atomic E-state index is 12.8. The summed E-state index contributed by atoms with van der Waals surface area (Å²) in [7, 11) is 0. The summed E-state index contributed by atoms with van der Waals surface area (Å²) in [5, 5.41) is 12.1. The molecule has 0 saturated carbocycles. The highest BCUT2D eigenvalue weighted by molar-refractivity contribution is 6.13. The highest BCUT2D eigenvalue weighted by Gasteiger charge is 2.33. The lowest BCUT2D eigenvalue weighted by atomic mass is 10.1. The predicted molar refractivity (Wildman–Crippen MR) is 106 cm³/mol. The van der Waals surface area contributed by atoms with E-state index in [-0.39, 0.29) is 23.9 Å². The van der Waals surface area contributed by atoms with Gasteiger partial charge in [-0.05, 0) is 55.0 Å². The minimum absolute atomic E-state index is 0.181. The number of aromatic hydroxyl groups is 1. The summed E-state index contributed by atoms with van der Waals surface area (Å²) in [4.78, 5) is 26.3. The standard InChI is InChI=1S/C22H19N3O3/c1-15-4-2-5-16(12-15)14-25-21(27)20(23-22(25)28)13-18-6-3-11-24(18)17-7-9-19(26)10-8-17/h2-13,26H,14H2,1H3,(H,23,28)/b20-13+. The van der Waals surface area contributed by atoms with Gasteiger partial charge in [-0.1, -0.05) is 29.8 Å². The summed E-state index contributed by atoms with van der Waals surface area (Å²) in [5.74, 6) is -0.175. The molecule has 140 valence electrons. The number of imide groups is 1. The van der Waals surface area contributed by atoms with E-state index in [4.69, 9.17) is 0 Å². The average molecular weight is 373 g/mol. The molecule has 0 unspecified atom stereocenters. The van der Waals surface area contributed by atoms with Crippen LogP contribution in [0.15, 0.2) is 72.6 Å². The van der Waals surface area contributed by atoms with E-state index in [0.29, 0.717) is 0 Å². The number of hydrogen-bond acceptors (Lipinski definition) is 3. The number of aromatic nitrogens is 1. The van der Waals surface area contributed by atoms with Crippen molar-refractivity contribution in [1.29, 1.82) is 0 Å². The van der Waals surface area contributed by atoms with E-state index in [1.54, 1.807) is 30.3 Å². The molecule has 1 saturated heterocycles. The molecule has 4 rings (SSSR count). The summed E-state index contributed by atoms with van der Waals surface area (Å²) >= 11 is 0. The van der Waals surface area contributed by atoms with Gasteiger partial charge in [-0.15, -0.1) is 0 Å². The second-order valence-corrected chi connectivity index (χ2v) is 6.69. The van der Waals surface area contributed by atoms with Gasteiger partial charge in [0.1, 0.15) is 11.4 Å². The van der Waals surface area contributed by atoms with E-state index in [0.717, 1.165) is 22.5 Å². The number of urea groups is 1. The number of phenols is 1. The average Bonchev–Trinajstić information content (AvgIpc) is 3.23. The first-order chi connectivity index (χ1) is 13.5. The summed E-state index contributed by atoms with van der Waals surface area (Å²) in [6, 6.07) is 17.7. The zero-order chi connectivity index (χ0) is 19.7. The molecule has 3 amide bonds. The molecule has 0 bridgehead atoms. The van der Waals surface area contributed by atoms with E-state index in [9.17, 15) is 14.7 Å². The van der Waals surface area contributed by atoms with Crippen molar-refractivity contribution in [2.24, 2.45) is 0 Å². The molecule has 2 N–H and O–H groups in total. The summed E-state index contributed by atoms with van der Waals surface area (Å²) < 4.78 is 1.87. The highest BCUT2D eigenvalue weighted by Crippen LogP contribution is 2.21. The molecular weight excluding hydrogens is 354 g/mol. The molecule has 6 nitrogen and oxygen atoms in total. The van der Waals surface area contributed by atoms with E-state index >= 15 is 0 Å². The predicted octanol–water partition coefficient (Wildman–Crippen LogP) is 3.58. The summed E-state index contributed by atoms with van der Waals surface area (Å²) in [5.41, 5.74) is 3.79. The van der Waals surface area contributed by atoms with Crippen LogP contribution >= 0.6 is 0 Å². The second-order valence-electron chi connectivity index (χ2n) is 6.69. The van der Waals surface area contributed by atoms with Crippen LogP contribution in [0.25, 0.3) is 11.8 Å². The van der Waals surface area contributed by atoms with Crippen molar-refractivity contribution in [2.75, 3.05) is 0 Å². The number of phenolic OH excluding ortho intramolecular Hbond substituents is 1. The molecule has 2 heterocycles. The number of rotatable bonds is 4. The number of nitrogens with zero attached hydrogens (tertiary/aromatic N) is 2. The topological polar surface area (TPSA) is 74.6 Å². The third-order valence-corrected chi connectivity index (χ3v) is 4.59. The van der Waals surface area contributed by atoms with Crippen LogP contribution in [0.1, 0.15) is 16.8 Å². The second kappa shape index (κ2) is 7.08. The van der Waals surface area contributed by atoms with Crippen molar-refractivity contribution in [3.8, 4) is 11.4 Å². The molecule has 0 spiro atoms. The largest absolute Gasteiger partial charge is 0.508 e. The lowest BCUT2D eigenvalue weighted by Crippen LogP contribution is -2.30. The Bertz CT molecular complexity index is 1080. The molecule has 6 heteroatoms. The monoisotopic (exact) mass is 373 g/mol. The van der Waals surface area contributed by atoms with Crippen LogP contribution < -0.4 is 5.32 Å². The van der Waals surface area contributed by atoms with Crippen LogP contribution in [0.2, 0.25) is 0 Å². The fourth-order valence-electron chi connectivity index (χ4n) is 3.22. The number of aryl methyl sites for hydroxylation is 1. The highest BCUT2D eigenvalue weighted by atomic mass is 16.3. The van der Waals surface area contributed by atoms with Gasteiger partial charge < -0.3 is 15.0 Å². The SMILES string of the molecule is Cc1cccc(CN2C(=O)N/C(=C/c3cccn3-c3ccc(O)cc3)C2=O)c1. The third-order valence-electron chi connectivity index (χ3n) is 4.59. The zero-order valence-corrected chi connectivity index (χ0v) is 15.3. The van der Waals surface area contributed by atoms with Crippen molar-refractivity contribution in [1.82, 2.24) is 14.8 Å². The third kappa shape index (κ3) is 3.40. The first-order valence-corrected chi connectivity index (χ1v) is 8.88. The maximum Gasteiger partial charge on any atom is 0.329 e. The van der Waals surface area contributed by atoms with Crippen LogP contribution in [-0.4, -0.2) is 26.5 Å². The normalized spacial score (nSPS) is 15.3. The van der Waals surface area contributed by atoms with Crippen molar-refractivity contribution in [2.45, 2.75) is 13.5 Å². The molecule has 1 aliphatic rings. The number of hydrogen-bond donors (Lipinski definition) is 2. The van der Waals surface area contributed by atoms with Gasteiger partial charge in [0.2, 0.25) is 0 Å². The van der Waals surface area contributed by atoms with Gasteiger partial charge in [0.15, 0.2) is 0 Å². The first kappa shape index (κ1) is 17.6. The van der Waals surface area contributed by atoms with E-state index in [2.05, 4.69) is 5.32 Å². The van der Waals surface area contributed by atoms with Gasteiger partial charge in [-0.25, -0.2) is 4.79 Å². The van der Waals surface area contributed by atoms with Gasteiger partial charge in [0.05, 0.1) is 6.54 Å². The Balaban J connectivity index is 1.60. The Kier molecular flexibility index (Phi) is 4.45. The fourth-order valence-corrected chi connectivity index (χ4v) is 3.22. The van der Waals surface area contributed by atoms with Crippen LogP contribution in [0.5, 0.6) is 5.75 Å². The Morgan fingerprint density at radius 3 is 2.57 bits per heavy atom. The molecule has 1 aliphatic heterocycles. The maximum absolute atomic E-state index is 12.8. The zero-order valence-electron chi connectivity index (χ0n) is 15.3. The van der Waals surface area contributed by atoms with Crippen LogP contribution in [0.4, 0.5) is 4.79 Å². The van der Waals surface area contributed by atoms with Gasteiger partial charge in [-0.2, -0.15) is 0 Å².